The molecular weight excluding hydrogens is 272 g/mol. The van der Waals surface area contributed by atoms with Crippen molar-refractivity contribution in [3.63, 3.8) is 0 Å². The average molecular weight is 284 g/mol. The number of carbonyl (C=O) groups excluding carboxylic acids is 1. The summed E-state index contributed by atoms with van der Waals surface area (Å²) in [6.07, 6.45) is 3.09. The van der Waals surface area contributed by atoms with Gasteiger partial charge in [-0.15, -0.1) is 0 Å². The monoisotopic (exact) mass is 284 g/mol. The molecule has 2 N–H and O–H groups in total. The molecule has 0 aliphatic carbocycles. The van der Waals surface area contributed by atoms with Crippen molar-refractivity contribution in [2.45, 2.75) is 6.92 Å². The lowest BCUT2D eigenvalue weighted by Crippen LogP contribution is -2.19. The molecule has 7 nitrogen and oxygen atoms in total. The molecule has 106 valence electrons. The van der Waals surface area contributed by atoms with Gasteiger partial charge in [-0.2, -0.15) is 10.2 Å². The average Bonchev–Trinajstić information content (AvgIpc) is 3.25. The van der Waals surface area contributed by atoms with E-state index in [0.29, 0.717) is 22.9 Å². The Bertz CT molecular complexity index is 754. The van der Waals surface area contributed by atoms with Crippen LogP contribution in [0.25, 0.3) is 11.5 Å². The molecule has 0 unspecified atom stereocenters. The normalized spacial score (nSPS) is 11.6. The van der Waals surface area contributed by atoms with Crippen molar-refractivity contribution >= 4 is 11.6 Å². The van der Waals surface area contributed by atoms with E-state index >= 15 is 0 Å². The fourth-order valence-electron chi connectivity index (χ4n) is 1.73. The van der Waals surface area contributed by atoms with Gasteiger partial charge in [0.2, 0.25) is 0 Å². The van der Waals surface area contributed by atoms with E-state index in [1.807, 2.05) is 0 Å². The van der Waals surface area contributed by atoms with Crippen LogP contribution in [-0.2, 0) is 0 Å². The first-order valence-electron chi connectivity index (χ1n) is 6.22. The third-order valence-corrected chi connectivity index (χ3v) is 2.80. The van der Waals surface area contributed by atoms with Gasteiger partial charge in [0.15, 0.2) is 11.5 Å². The number of rotatable bonds is 4. The molecular formula is C14H12N4O3. The molecule has 3 aromatic heterocycles. The number of aromatic amines is 1. The van der Waals surface area contributed by atoms with Crippen molar-refractivity contribution in [3.8, 4) is 11.5 Å². The maximum absolute atomic E-state index is 11.9. The number of aromatic nitrogens is 2. The molecule has 0 fully saturated rings. The van der Waals surface area contributed by atoms with Crippen molar-refractivity contribution < 1.29 is 13.6 Å². The van der Waals surface area contributed by atoms with Crippen molar-refractivity contribution in [2.75, 3.05) is 0 Å². The molecule has 3 aromatic rings. The summed E-state index contributed by atoms with van der Waals surface area (Å²) >= 11 is 0. The number of nitrogens with one attached hydrogen (secondary N) is 2. The van der Waals surface area contributed by atoms with Crippen LogP contribution in [0.5, 0.6) is 0 Å². The zero-order chi connectivity index (χ0) is 14.7. The molecule has 21 heavy (non-hydrogen) atoms. The van der Waals surface area contributed by atoms with Crippen LogP contribution in [0.2, 0.25) is 0 Å². The molecule has 0 spiro atoms. The van der Waals surface area contributed by atoms with E-state index < -0.39 is 5.91 Å². The molecule has 3 heterocycles. The molecule has 1 amide bonds. The second-order valence-electron chi connectivity index (χ2n) is 4.26. The van der Waals surface area contributed by atoms with E-state index in [0.717, 1.165) is 0 Å². The van der Waals surface area contributed by atoms with Gasteiger partial charge in [-0.25, -0.2) is 5.43 Å². The van der Waals surface area contributed by atoms with Crippen LogP contribution < -0.4 is 5.43 Å². The van der Waals surface area contributed by atoms with Crippen LogP contribution in [0.1, 0.15) is 23.2 Å². The minimum Gasteiger partial charge on any atom is -0.463 e. The number of hydrogen-bond donors (Lipinski definition) is 2. The maximum Gasteiger partial charge on any atom is 0.291 e. The first-order valence-corrected chi connectivity index (χ1v) is 6.22. The van der Waals surface area contributed by atoms with Gasteiger partial charge >= 0.3 is 0 Å². The molecule has 0 atom stereocenters. The minimum absolute atomic E-state index is 0.220. The Balaban J connectivity index is 1.70. The van der Waals surface area contributed by atoms with Crippen LogP contribution in [0.15, 0.2) is 56.8 Å². The van der Waals surface area contributed by atoms with Crippen molar-refractivity contribution in [1.82, 2.24) is 15.6 Å². The van der Waals surface area contributed by atoms with Crippen molar-refractivity contribution in [2.24, 2.45) is 5.10 Å². The van der Waals surface area contributed by atoms with Crippen LogP contribution in [0.3, 0.4) is 0 Å². The highest BCUT2D eigenvalue weighted by Crippen LogP contribution is 2.17. The summed E-state index contributed by atoms with van der Waals surface area (Å²) in [4.78, 5) is 11.9. The van der Waals surface area contributed by atoms with Crippen LogP contribution in [-0.4, -0.2) is 21.8 Å². The zero-order valence-corrected chi connectivity index (χ0v) is 11.2. The van der Waals surface area contributed by atoms with E-state index in [1.165, 1.54) is 0 Å². The number of carbonyl (C=O) groups is 1. The van der Waals surface area contributed by atoms with Gasteiger partial charge in [-0.05, 0) is 31.2 Å². The van der Waals surface area contributed by atoms with E-state index in [4.69, 9.17) is 8.83 Å². The lowest BCUT2D eigenvalue weighted by atomic mass is 10.3. The predicted molar refractivity (Wildman–Crippen MR) is 74.7 cm³/mol. The highest BCUT2D eigenvalue weighted by molar-refractivity contribution is 5.98. The van der Waals surface area contributed by atoms with Crippen LogP contribution in [0, 0.1) is 0 Å². The SMILES string of the molecule is C/C(=N/NC(=O)c1cc(-c2ccco2)[nH]n1)c1ccco1. The second kappa shape index (κ2) is 5.49. The molecule has 7 heteroatoms. The highest BCUT2D eigenvalue weighted by atomic mass is 16.3. The van der Waals surface area contributed by atoms with Gasteiger partial charge in [-0.3, -0.25) is 9.89 Å². The van der Waals surface area contributed by atoms with Crippen molar-refractivity contribution in [1.29, 1.82) is 0 Å². The summed E-state index contributed by atoms with van der Waals surface area (Å²) < 4.78 is 10.4. The summed E-state index contributed by atoms with van der Waals surface area (Å²) in [6.45, 7) is 1.73. The lowest BCUT2D eigenvalue weighted by molar-refractivity contribution is 0.0950. The topological polar surface area (TPSA) is 96.4 Å². The van der Waals surface area contributed by atoms with Gasteiger partial charge in [0.05, 0.1) is 12.5 Å². The molecule has 0 aliphatic rings. The Hall–Kier alpha value is -3.09. The third kappa shape index (κ3) is 2.76. The number of nitrogens with zero attached hydrogens (tertiary/aromatic N) is 2. The Morgan fingerprint density at radius 1 is 1.29 bits per heavy atom. The maximum atomic E-state index is 11.9. The number of furan rings is 2. The summed E-state index contributed by atoms with van der Waals surface area (Å²) in [6, 6.07) is 8.63. The summed E-state index contributed by atoms with van der Waals surface area (Å²) in [5.74, 6) is 0.778. The molecule has 0 aromatic carbocycles. The van der Waals surface area contributed by atoms with Gasteiger partial charge < -0.3 is 8.83 Å². The third-order valence-electron chi connectivity index (χ3n) is 2.80. The van der Waals surface area contributed by atoms with Crippen molar-refractivity contribution in [3.05, 3.63) is 54.3 Å². The Morgan fingerprint density at radius 3 is 2.81 bits per heavy atom. The number of amides is 1. The minimum atomic E-state index is -0.421. The highest BCUT2D eigenvalue weighted by Gasteiger charge is 2.12. The van der Waals surface area contributed by atoms with E-state index in [2.05, 4.69) is 20.7 Å². The van der Waals surface area contributed by atoms with Gasteiger partial charge in [0, 0.05) is 6.07 Å². The molecule has 0 saturated heterocycles. The van der Waals surface area contributed by atoms with Gasteiger partial charge in [0.1, 0.15) is 17.2 Å². The van der Waals surface area contributed by atoms with E-state index in [9.17, 15) is 4.79 Å². The smallest absolute Gasteiger partial charge is 0.291 e. The van der Waals surface area contributed by atoms with Gasteiger partial charge in [-0.1, -0.05) is 0 Å². The lowest BCUT2D eigenvalue weighted by Gasteiger charge is -1.97. The molecule has 3 rings (SSSR count). The molecule has 0 aliphatic heterocycles. The number of H-pyrrole nitrogens is 1. The second-order valence-corrected chi connectivity index (χ2v) is 4.26. The fourth-order valence-corrected chi connectivity index (χ4v) is 1.73. The van der Waals surface area contributed by atoms with E-state index in [-0.39, 0.29) is 5.69 Å². The summed E-state index contributed by atoms with van der Waals surface area (Å²) in [5, 5.41) is 10.6. The largest absolute Gasteiger partial charge is 0.463 e. The zero-order valence-electron chi connectivity index (χ0n) is 11.2. The molecule has 0 saturated carbocycles. The van der Waals surface area contributed by atoms with Crippen LogP contribution >= 0.6 is 0 Å². The number of hydrogen-bond acceptors (Lipinski definition) is 5. The molecule has 0 bridgehead atoms. The first kappa shape index (κ1) is 12.9. The Labute approximate surface area is 119 Å². The predicted octanol–water partition coefficient (Wildman–Crippen LogP) is 2.42. The molecule has 0 radical (unpaired) electrons. The summed E-state index contributed by atoms with van der Waals surface area (Å²) in [5.41, 5.74) is 3.83. The number of hydrazone groups is 1. The Morgan fingerprint density at radius 2 is 2.10 bits per heavy atom. The Kier molecular flexibility index (Phi) is 3.38. The first-order chi connectivity index (χ1) is 10.2. The summed E-state index contributed by atoms with van der Waals surface area (Å²) in [7, 11) is 0. The standard InChI is InChI=1S/C14H12N4O3/c1-9(12-4-2-6-20-12)15-18-14(19)11-8-10(16-17-11)13-5-3-7-21-13/h2-8H,1H3,(H,16,17)(H,18,19)/b15-9-. The quantitative estimate of drug-likeness (QED) is 0.568. The van der Waals surface area contributed by atoms with Gasteiger partial charge in [0.25, 0.3) is 5.91 Å². The fraction of sp³-hybridized carbons (Fsp3) is 0.0714. The van der Waals surface area contributed by atoms with E-state index in [1.54, 1.807) is 49.8 Å². The van der Waals surface area contributed by atoms with Crippen LogP contribution in [0.4, 0.5) is 0 Å².